The van der Waals surface area contributed by atoms with Gasteiger partial charge in [0, 0.05) is 11.1 Å². The van der Waals surface area contributed by atoms with Gasteiger partial charge in [-0.1, -0.05) is 32.9 Å². The minimum Gasteiger partial charge on any atom is -0.507 e. The van der Waals surface area contributed by atoms with Crippen LogP contribution in [0.15, 0.2) is 29.4 Å². The van der Waals surface area contributed by atoms with E-state index in [2.05, 4.69) is 31.3 Å². The number of para-hydroxylation sites is 1. The maximum Gasteiger partial charge on any atom is 0.275 e. The first-order chi connectivity index (χ1) is 9.86. The number of carbonyl (C=O) groups is 1. The maximum absolute atomic E-state index is 12.1. The average molecular weight is 286 g/mol. The number of hydrogen-bond donors (Lipinski definition) is 2. The third-order valence-electron chi connectivity index (χ3n) is 5.95. The zero-order valence-electron chi connectivity index (χ0n) is 12.8. The largest absolute Gasteiger partial charge is 0.507 e. The van der Waals surface area contributed by atoms with Crippen LogP contribution in [0.2, 0.25) is 0 Å². The van der Waals surface area contributed by atoms with E-state index < -0.39 is 0 Å². The normalized spacial score (nSPS) is 31.6. The summed E-state index contributed by atoms with van der Waals surface area (Å²) in [5.41, 5.74) is 4.28. The second-order valence-electron chi connectivity index (χ2n) is 7.01. The van der Waals surface area contributed by atoms with Gasteiger partial charge in [-0.2, -0.15) is 5.10 Å². The number of nitrogens with one attached hydrogen (secondary N) is 1. The number of hydrazone groups is 1. The van der Waals surface area contributed by atoms with Crippen LogP contribution >= 0.6 is 0 Å². The maximum atomic E-state index is 12.1. The molecule has 4 heteroatoms. The van der Waals surface area contributed by atoms with Gasteiger partial charge >= 0.3 is 0 Å². The van der Waals surface area contributed by atoms with E-state index in [-0.39, 0.29) is 28.1 Å². The van der Waals surface area contributed by atoms with Crippen LogP contribution in [-0.4, -0.2) is 16.7 Å². The van der Waals surface area contributed by atoms with Gasteiger partial charge in [0.2, 0.25) is 0 Å². The zero-order valence-corrected chi connectivity index (χ0v) is 12.8. The molecule has 2 unspecified atom stereocenters. The van der Waals surface area contributed by atoms with Crippen molar-refractivity contribution < 1.29 is 9.90 Å². The van der Waals surface area contributed by atoms with Crippen LogP contribution < -0.4 is 5.43 Å². The molecule has 2 atom stereocenters. The Morgan fingerprint density at radius 2 is 2.05 bits per heavy atom. The molecule has 112 valence electrons. The first-order valence-corrected chi connectivity index (χ1v) is 7.51. The molecule has 1 amide bonds. The summed E-state index contributed by atoms with van der Waals surface area (Å²) in [6, 6.07) is 6.52. The number of phenols is 1. The summed E-state index contributed by atoms with van der Waals surface area (Å²) in [6.45, 7) is 6.86. The number of hydrogen-bond acceptors (Lipinski definition) is 3. The van der Waals surface area contributed by atoms with Crippen molar-refractivity contribution >= 4 is 11.6 Å². The number of carbonyl (C=O) groups excluding carboxylic acids is 1. The molecule has 2 saturated carbocycles. The molecule has 2 N–H and O–H groups in total. The van der Waals surface area contributed by atoms with Crippen molar-refractivity contribution in [2.75, 3.05) is 0 Å². The molecule has 2 fully saturated rings. The summed E-state index contributed by atoms with van der Waals surface area (Å²) in [7, 11) is 0. The van der Waals surface area contributed by atoms with Crippen LogP contribution in [0.4, 0.5) is 0 Å². The molecule has 1 aromatic carbocycles. The smallest absolute Gasteiger partial charge is 0.275 e. The number of aromatic hydroxyl groups is 1. The highest BCUT2D eigenvalue weighted by molar-refractivity contribution is 5.99. The molecule has 3 rings (SSSR count). The molecule has 0 aliphatic heterocycles. The molecule has 21 heavy (non-hydrogen) atoms. The fraction of sp³-hybridized carbons (Fsp3) is 0.529. The number of nitrogens with zero attached hydrogens (tertiary/aromatic N) is 1. The molecule has 1 aromatic rings. The summed E-state index contributed by atoms with van der Waals surface area (Å²) in [4.78, 5) is 12.1. The first kappa shape index (κ1) is 14.1. The molecule has 2 bridgehead atoms. The third-order valence-corrected chi connectivity index (χ3v) is 5.95. The van der Waals surface area contributed by atoms with E-state index in [0.717, 1.165) is 18.6 Å². The lowest BCUT2D eigenvalue weighted by Crippen LogP contribution is -2.34. The van der Waals surface area contributed by atoms with Crippen LogP contribution in [-0.2, 0) is 0 Å². The van der Waals surface area contributed by atoms with Gasteiger partial charge < -0.3 is 5.11 Å². The summed E-state index contributed by atoms with van der Waals surface area (Å²) in [5.74, 6) is 0.280. The molecule has 2 aliphatic carbocycles. The Kier molecular flexibility index (Phi) is 3.08. The topological polar surface area (TPSA) is 61.7 Å². The Balaban J connectivity index is 1.79. The van der Waals surface area contributed by atoms with E-state index in [0.29, 0.717) is 5.92 Å². The van der Waals surface area contributed by atoms with E-state index in [1.54, 1.807) is 18.2 Å². The molecule has 0 heterocycles. The monoisotopic (exact) mass is 286 g/mol. The van der Waals surface area contributed by atoms with Crippen LogP contribution in [0.5, 0.6) is 5.75 Å². The van der Waals surface area contributed by atoms with Crippen molar-refractivity contribution in [3.05, 3.63) is 29.8 Å². The lowest BCUT2D eigenvalue weighted by atomic mass is 9.70. The van der Waals surface area contributed by atoms with Gasteiger partial charge in [0.1, 0.15) is 5.75 Å². The fourth-order valence-electron chi connectivity index (χ4n) is 3.94. The highest BCUT2D eigenvalue weighted by Gasteiger charge is 2.60. The Hall–Kier alpha value is -1.84. The van der Waals surface area contributed by atoms with Crippen molar-refractivity contribution in [3.8, 4) is 5.75 Å². The molecule has 2 aliphatic rings. The number of benzene rings is 1. The van der Waals surface area contributed by atoms with Gasteiger partial charge in [0.25, 0.3) is 5.91 Å². The lowest BCUT2D eigenvalue weighted by Gasteiger charge is -2.34. The highest BCUT2D eigenvalue weighted by atomic mass is 16.3. The predicted octanol–water partition coefficient (Wildman–Crippen LogP) is 3.32. The molecule has 0 saturated heterocycles. The Bertz CT molecular complexity index is 621. The molecular formula is C17H22N2O2. The quantitative estimate of drug-likeness (QED) is 0.819. The van der Waals surface area contributed by atoms with E-state index in [9.17, 15) is 9.90 Å². The van der Waals surface area contributed by atoms with Gasteiger partial charge in [0.15, 0.2) is 0 Å². The van der Waals surface area contributed by atoms with Crippen molar-refractivity contribution in [2.45, 2.75) is 40.0 Å². The molecule has 0 aromatic heterocycles. The van der Waals surface area contributed by atoms with Crippen molar-refractivity contribution in [1.29, 1.82) is 0 Å². The van der Waals surface area contributed by atoms with Crippen molar-refractivity contribution in [2.24, 2.45) is 21.8 Å². The van der Waals surface area contributed by atoms with Gasteiger partial charge in [-0.25, -0.2) is 5.43 Å². The predicted molar refractivity (Wildman–Crippen MR) is 82.2 cm³/mol. The number of rotatable bonds is 2. The minimum atomic E-state index is -0.357. The number of amides is 1. The Morgan fingerprint density at radius 3 is 2.62 bits per heavy atom. The standard InChI is InChI=1S/C17H22N2O2/c1-16(2)11-8-9-17(16,3)14(10-11)18-19-15(21)12-6-4-5-7-13(12)20/h4-7,11,20H,8-10H2,1-3H3,(H,19,21)/b18-14-. The summed E-state index contributed by atoms with van der Waals surface area (Å²) >= 11 is 0. The van der Waals surface area contributed by atoms with Gasteiger partial charge in [0.05, 0.1) is 5.56 Å². The van der Waals surface area contributed by atoms with Crippen molar-refractivity contribution in [1.82, 2.24) is 5.43 Å². The summed E-state index contributed by atoms with van der Waals surface area (Å²) < 4.78 is 0. The molecule has 0 spiro atoms. The zero-order chi connectivity index (χ0) is 15.3. The van der Waals surface area contributed by atoms with Gasteiger partial charge in [-0.15, -0.1) is 0 Å². The van der Waals surface area contributed by atoms with Crippen LogP contribution in [0.25, 0.3) is 0 Å². The van der Waals surface area contributed by atoms with E-state index in [1.165, 1.54) is 12.5 Å². The molecule has 4 nitrogen and oxygen atoms in total. The Morgan fingerprint density at radius 1 is 1.33 bits per heavy atom. The molecular weight excluding hydrogens is 264 g/mol. The van der Waals surface area contributed by atoms with E-state index in [1.807, 2.05) is 0 Å². The van der Waals surface area contributed by atoms with Crippen LogP contribution in [0, 0.1) is 16.7 Å². The first-order valence-electron chi connectivity index (χ1n) is 7.51. The third kappa shape index (κ3) is 1.96. The highest BCUT2D eigenvalue weighted by Crippen LogP contribution is 2.63. The lowest BCUT2D eigenvalue weighted by molar-refractivity contribution is 0.0951. The van der Waals surface area contributed by atoms with Gasteiger partial charge in [-0.3, -0.25) is 4.79 Å². The summed E-state index contributed by atoms with van der Waals surface area (Å²) in [5, 5.41) is 14.1. The second-order valence-corrected chi connectivity index (χ2v) is 7.01. The second kappa shape index (κ2) is 4.58. The number of phenolic OH excluding ortho intramolecular Hbond substituents is 1. The molecule has 0 radical (unpaired) electrons. The van der Waals surface area contributed by atoms with Gasteiger partial charge in [-0.05, 0) is 42.7 Å². The fourth-order valence-corrected chi connectivity index (χ4v) is 3.94. The van der Waals surface area contributed by atoms with E-state index in [4.69, 9.17) is 0 Å². The minimum absolute atomic E-state index is 0.0188. The average Bonchev–Trinajstić information content (AvgIpc) is 2.78. The SMILES string of the molecule is CC12CCC(C/C1=N/NC(=O)c1ccccc1O)C2(C)C. The van der Waals surface area contributed by atoms with Crippen molar-refractivity contribution in [3.63, 3.8) is 0 Å². The van der Waals surface area contributed by atoms with E-state index >= 15 is 0 Å². The summed E-state index contributed by atoms with van der Waals surface area (Å²) in [6.07, 6.45) is 3.34. The van der Waals surface area contributed by atoms with Crippen LogP contribution in [0.3, 0.4) is 0 Å². The Labute approximate surface area is 125 Å². The van der Waals surface area contributed by atoms with Crippen LogP contribution in [0.1, 0.15) is 50.4 Å². The number of fused-ring (bicyclic) bond motifs is 2.